The fourth-order valence-corrected chi connectivity index (χ4v) is 1.82. The van der Waals surface area contributed by atoms with Crippen molar-refractivity contribution in [3.63, 3.8) is 0 Å². The minimum absolute atomic E-state index is 0.249. The molecule has 1 aromatic carbocycles. The fourth-order valence-electron chi connectivity index (χ4n) is 1.82. The second-order valence-corrected chi connectivity index (χ2v) is 4.21. The van der Waals surface area contributed by atoms with E-state index in [1.54, 1.807) is 0 Å². The summed E-state index contributed by atoms with van der Waals surface area (Å²) in [6, 6.07) is 9.79. The highest BCUT2D eigenvalue weighted by Crippen LogP contribution is 2.17. The second-order valence-electron chi connectivity index (χ2n) is 4.21. The van der Waals surface area contributed by atoms with E-state index in [1.165, 1.54) is 7.11 Å². The number of carbonyl (C=O) groups is 1. The molecule has 0 unspecified atom stereocenters. The molecule has 0 fully saturated rings. The van der Waals surface area contributed by atoms with Crippen molar-refractivity contribution in [2.24, 2.45) is 5.92 Å². The average Bonchev–Trinajstić information content (AvgIpc) is 2.38. The molecule has 0 saturated carbocycles. The van der Waals surface area contributed by atoms with Gasteiger partial charge in [-0.05, 0) is 24.8 Å². The summed E-state index contributed by atoms with van der Waals surface area (Å²) < 4.78 is 4.78. The number of carbonyl (C=O) groups excluding carboxylic acids is 1. The highest BCUT2D eigenvalue weighted by Gasteiger charge is 2.22. The van der Waals surface area contributed by atoms with Gasteiger partial charge in [0.2, 0.25) is 0 Å². The topological polar surface area (TPSA) is 46.5 Å². The molecule has 0 aliphatic carbocycles. The molecule has 0 aromatic heterocycles. The monoisotopic (exact) mass is 236 g/mol. The van der Waals surface area contributed by atoms with Gasteiger partial charge in [-0.1, -0.05) is 37.3 Å². The van der Waals surface area contributed by atoms with E-state index in [0.717, 1.165) is 5.56 Å². The lowest BCUT2D eigenvalue weighted by atomic mass is 9.93. The Morgan fingerprint density at radius 1 is 1.35 bits per heavy atom. The number of ether oxygens (including phenoxy) is 1. The minimum Gasteiger partial charge on any atom is -0.469 e. The Hall–Kier alpha value is -1.35. The highest BCUT2D eigenvalue weighted by atomic mass is 16.5. The molecular formula is C14H20O3. The zero-order valence-electron chi connectivity index (χ0n) is 10.4. The predicted molar refractivity (Wildman–Crippen MR) is 66.6 cm³/mol. The van der Waals surface area contributed by atoms with Gasteiger partial charge in [-0.2, -0.15) is 0 Å². The first-order valence-electron chi connectivity index (χ1n) is 5.97. The Balaban J connectivity index is 2.67. The van der Waals surface area contributed by atoms with Crippen molar-refractivity contribution < 1.29 is 14.6 Å². The largest absolute Gasteiger partial charge is 0.469 e. The molecule has 94 valence electrons. The van der Waals surface area contributed by atoms with Crippen LogP contribution < -0.4 is 0 Å². The van der Waals surface area contributed by atoms with Crippen LogP contribution in [0, 0.1) is 5.92 Å². The number of rotatable bonds is 6. The van der Waals surface area contributed by atoms with E-state index in [1.807, 2.05) is 37.3 Å². The molecule has 2 atom stereocenters. The molecular weight excluding hydrogens is 216 g/mol. The summed E-state index contributed by atoms with van der Waals surface area (Å²) >= 11 is 0. The molecule has 17 heavy (non-hydrogen) atoms. The van der Waals surface area contributed by atoms with E-state index >= 15 is 0 Å². The smallest absolute Gasteiger partial charge is 0.309 e. The first kappa shape index (κ1) is 13.7. The Morgan fingerprint density at radius 2 is 2.00 bits per heavy atom. The summed E-state index contributed by atoms with van der Waals surface area (Å²) in [6.45, 7) is 1.90. The van der Waals surface area contributed by atoms with Crippen molar-refractivity contribution in [3.05, 3.63) is 35.9 Å². The van der Waals surface area contributed by atoms with E-state index in [4.69, 9.17) is 4.74 Å². The van der Waals surface area contributed by atoms with E-state index in [-0.39, 0.29) is 11.9 Å². The van der Waals surface area contributed by atoms with Gasteiger partial charge >= 0.3 is 5.97 Å². The molecule has 3 heteroatoms. The van der Waals surface area contributed by atoms with E-state index in [0.29, 0.717) is 19.3 Å². The maximum atomic E-state index is 11.6. The second kappa shape index (κ2) is 7.07. The SMILES string of the molecule is CC[C@@H](O)C[C@@H](Cc1ccccc1)C(=O)OC. The van der Waals surface area contributed by atoms with Crippen LogP contribution in [-0.2, 0) is 16.0 Å². The average molecular weight is 236 g/mol. The van der Waals surface area contributed by atoms with Crippen molar-refractivity contribution in [2.75, 3.05) is 7.11 Å². The number of hydrogen-bond acceptors (Lipinski definition) is 3. The van der Waals surface area contributed by atoms with Crippen LogP contribution in [0.1, 0.15) is 25.3 Å². The summed E-state index contributed by atoms with van der Waals surface area (Å²) in [6.07, 6.45) is 1.29. The van der Waals surface area contributed by atoms with Gasteiger partial charge in [0.1, 0.15) is 0 Å². The van der Waals surface area contributed by atoms with Crippen LogP contribution in [-0.4, -0.2) is 24.3 Å². The van der Waals surface area contributed by atoms with Gasteiger partial charge in [0.05, 0.1) is 19.1 Å². The number of aliphatic hydroxyl groups is 1. The van der Waals surface area contributed by atoms with Crippen molar-refractivity contribution in [2.45, 2.75) is 32.3 Å². The van der Waals surface area contributed by atoms with Crippen molar-refractivity contribution in [3.8, 4) is 0 Å². The molecule has 0 radical (unpaired) electrons. The predicted octanol–water partition coefficient (Wildman–Crippen LogP) is 2.18. The summed E-state index contributed by atoms with van der Waals surface area (Å²) in [7, 11) is 1.39. The van der Waals surface area contributed by atoms with Crippen LogP contribution >= 0.6 is 0 Å². The lowest BCUT2D eigenvalue weighted by Crippen LogP contribution is -2.24. The Kier molecular flexibility index (Phi) is 5.70. The van der Waals surface area contributed by atoms with Crippen LogP contribution in [0.4, 0.5) is 0 Å². The van der Waals surface area contributed by atoms with Crippen molar-refractivity contribution >= 4 is 5.97 Å². The van der Waals surface area contributed by atoms with Gasteiger partial charge in [0.15, 0.2) is 0 Å². The third kappa shape index (κ3) is 4.57. The van der Waals surface area contributed by atoms with Crippen molar-refractivity contribution in [1.29, 1.82) is 0 Å². The number of esters is 1. The number of methoxy groups -OCH3 is 1. The number of benzene rings is 1. The molecule has 0 bridgehead atoms. The summed E-state index contributed by atoms with van der Waals surface area (Å²) in [5.41, 5.74) is 1.09. The quantitative estimate of drug-likeness (QED) is 0.770. The zero-order chi connectivity index (χ0) is 12.7. The van der Waals surface area contributed by atoms with E-state index in [2.05, 4.69) is 0 Å². The van der Waals surface area contributed by atoms with Crippen LogP contribution in [0.5, 0.6) is 0 Å². The van der Waals surface area contributed by atoms with Gasteiger partial charge in [-0.25, -0.2) is 0 Å². The molecule has 0 aliphatic rings. The third-order valence-corrected chi connectivity index (χ3v) is 2.89. The molecule has 1 aromatic rings. The van der Waals surface area contributed by atoms with Gasteiger partial charge in [0.25, 0.3) is 0 Å². The normalized spacial score (nSPS) is 14.1. The first-order chi connectivity index (χ1) is 8.17. The summed E-state index contributed by atoms with van der Waals surface area (Å²) in [5.74, 6) is -0.515. The van der Waals surface area contributed by atoms with Crippen LogP contribution in [0.3, 0.4) is 0 Å². The Labute approximate surface area is 102 Å². The maximum Gasteiger partial charge on any atom is 0.309 e. The lowest BCUT2D eigenvalue weighted by Gasteiger charge is -2.17. The fraction of sp³-hybridized carbons (Fsp3) is 0.500. The van der Waals surface area contributed by atoms with Gasteiger partial charge in [-0.3, -0.25) is 4.79 Å². The standard InChI is InChI=1S/C14H20O3/c1-3-13(15)10-12(14(16)17-2)9-11-7-5-4-6-8-11/h4-8,12-13,15H,3,9-10H2,1-2H3/t12-,13-/m1/s1. The van der Waals surface area contributed by atoms with Crippen LogP contribution in [0.15, 0.2) is 30.3 Å². The lowest BCUT2D eigenvalue weighted by molar-refractivity contribution is -0.146. The first-order valence-corrected chi connectivity index (χ1v) is 5.97. The third-order valence-electron chi connectivity index (χ3n) is 2.89. The number of hydrogen-bond donors (Lipinski definition) is 1. The van der Waals surface area contributed by atoms with Gasteiger partial charge < -0.3 is 9.84 Å². The van der Waals surface area contributed by atoms with Crippen LogP contribution in [0.25, 0.3) is 0 Å². The molecule has 3 nitrogen and oxygen atoms in total. The van der Waals surface area contributed by atoms with E-state index in [9.17, 15) is 9.90 Å². The Morgan fingerprint density at radius 3 is 2.53 bits per heavy atom. The van der Waals surface area contributed by atoms with Crippen molar-refractivity contribution in [1.82, 2.24) is 0 Å². The molecule has 0 aliphatic heterocycles. The molecule has 0 heterocycles. The molecule has 0 amide bonds. The zero-order valence-corrected chi connectivity index (χ0v) is 10.4. The van der Waals surface area contributed by atoms with Gasteiger partial charge in [0, 0.05) is 0 Å². The van der Waals surface area contributed by atoms with E-state index < -0.39 is 6.10 Å². The molecule has 1 N–H and O–H groups in total. The van der Waals surface area contributed by atoms with Crippen LogP contribution in [0.2, 0.25) is 0 Å². The number of aliphatic hydroxyl groups excluding tert-OH is 1. The molecule has 0 saturated heterocycles. The molecule has 1 rings (SSSR count). The van der Waals surface area contributed by atoms with Gasteiger partial charge in [-0.15, -0.1) is 0 Å². The highest BCUT2D eigenvalue weighted by molar-refractivity contribution is 5.72. The minimum atomic E-state index is -0.442. The molecule has 0 spiro atoms. The maximum absolute atomic E-state index is 11.6. The summed E-state index contributed by atoms with van der Waals surface area (Å²) in [4.78, 5) is 11.6. The Bertz CT molecular complexity index is 335. The summed E-state index contributed by atoms with van der Waals surface area (Å²) in [5, 5.41) is 9.64.